The number of sulfone groups is 1. The van der Waals surface area contributed by atoms with Gasteiger partial charge in [0.15, 0.2) is 9.84 Å². The molecule has 0 saturated carbocycles. The standard InChI is InChI=1S/C28H28ClF4NO5S/c1-38-27(35)25-23(30)16-21(17-24(25)40(2,36)37)39-15-7-13-34(14-12-19-8-4-3-5-9-19)18-20-10-6-11-22(26(20)29)28(31,32)33/h3-6,8-11,16-17H,7,12-15,18H2,1-2H3. The molecular weight excluding hydrogens is 574 g/mol. The lowest BCUT2D eigenvalue weighted by Crippen LogP contribution is -2.28. The topological polar surface area (TPSA) is 72.9 Å². The minimum absolute atomic E-state index is 0.0401. The molecule has 12 heteroatoms. The van der Waals surface area contributed by atoms with E-state index in [2.05, 4.69) is 4.74 Å². The zero-order valence-corrected chi connectivity index (χ0v) is 23.4. The van der Waals surface area contributed by atoms with E-state index in [9.17, 15) is 30.8 Å². The van der Waals surface area contributed by atoms with Crippen LogP contribution in [-0.2, 0) is 33.7 Å². The number of nitrogens with zero attached hydrogens (tertiary/aromatic N) is 1. The fourth-order valence-corrected chi connectivity index (χ4v) is 5.25. The van der Waals surface area contributed by atoms with Gasteiger partial charge in [-0.25, -0.2) is 17.6 Å². The molecule has 3 aromatic carbocycles. The third-order valence-electron chi connectivity index (χ3n) is 6.04. The maximum absolute atomic E-state index is 14.6. The van der Waals surface area contributed by atoms with Crippen LogP contribution in [0, 0.1) is 5.82 Å². The summed E-state index contributed by atoms with van der Waals surface area (Å²) in [5.74, 6) is -2.33. The summed E-state index contributed by atoms with van der Waals surface area (Å²) in [5, 5.41) is -0.356. The van der Waals surface area contributed by atoms with E-state index in [1.807, 2.05) is 35.2 Å². The van der Waals surface area contributed by atoms with E-state index >= 15 is 0 Å². The van der Waals surface area contributed by atoms with E-state index in [1.54, 1.807) is 6.07 Å². The van der Waals surface area contributed by atoms with Crippen LogP contribution >= 0.6 is 11.6 Å². The van der Waals surface area contributed by atoms with Crippen LogP contribution in [-0.4, -0.2) is 52.3 Å². The van der Waals surface area contributed by atoms with Gasteiger partial charge in [-0.2, -0.15) is 13.2 Å². The number of ether oxygens (including phenoxy) is 2. The first kappa shape index (κ1) is 31.4. The third kappa shape index (κ3) is 8.42. The molecule has 0 fully saturated rings. The third-order valence-corrected chi connectivity index (χ3v) is 7.61. The van der Waals surface area contributed by atoms with Crippen molar-refractivity contribution in [3.05, 3.63) is 93.8 Å². The van der Waals surface area contributed by atoms with Gasteiger partial charge in [0, 0.05) is 32.0 Å². The molecule has 40 heavy (non-hydrogen) atoms. The zero-order valence-electron chi connectivity index (χ0n) is 21.8. The van der Waals surface area contributed by atoms with E-state index in [-0.39, 0.29) is 23.9 Å². The van der Waals surface area contributed by atoms with Crippen LogP contribution in [0.3, 0.4) is 0 Å². The summed E-state index contributed by atoms with van der Waals surface area (Å²) in [7, 11) is -2.98. The first-order chi connectivity index (χ1) is 18.8. The van der Waals surface area contributed by atoms with E-state index < -0.39 is 43.8 Å². The number of methoxy groups -OCH3 is 1. The SMILES string of the molecule is COC(=O)c1c(F)cc(OCCCN(CCc2ccccc2)Cc2cccc(C(F)(F)F)c2Cl)cc1S(C)(=O)=O. The normalized spacial score (nSPS) is 12.0. The molecule has 0 bridgehead atoms. The summed E-state index contributed by atoms with van der Waals surface area (Å²) < 4.78 is 89.1. The van der Waals surface area contributed by atoms with E-state index in [0.29, 0.717) is 31.5 Å². The molecule has 0 unspecified atom stereocenters. The lowest BCUT2D eigenvalue weighted by molar-refractivity contribution is -0.137. The predicted octanol–water partition coefficient (Wildman–Crippen LogP) is 6.20. The van der Waals surface area contributed by atoms with Crippen LogP contribution in [0.5, 0.6) is 5.75 Å². The quantitative estimate of drug-likeness (QED) is 0.140. The number of halogens is 5. The molecular formula is C28H28ClF4NO5S. The molecule has 0 aliphatic rings. The summed E-state index contributed by atoms with van der Waals surface area (Å²) in [6.45, 7) is 1.09. The highest BCUT2D eigenvalue weighted by Gasteiger charge is 2.34. The maximum Gasteiger partial charge on any atom is 0.417 e. The second-order valence-corrected chi connectivity index (χ2v) is 11.4. The Morgan fingerprint density at radius 3 is 2.35 bits per heavy atom. The Morgan fingerprint density at radius 2 is 1.73 bits per heavy atom. The second kappa shape index (κ2) is 13.5. The Hall–Kier alpha value is -3.15. The Bertz CT molecular complexity index is 1430. The predicted molar refractivity (Wildman–Crippen MR) is 143 cm³/mol. The van der Waals surface area contributed by atoms with Crippen molar-refractivity contribution in [3.63, 3.8) is 0 Å². The van der Waals surface area contributed by atoms with Crippen molar-refractivity contribution < 1.29 is 40.2 Å². The van der Waals surface area contributed by atoms with Crippen molar-refractivity contribution >= 4 is 27.4 Å². The molecule has 0 N–H and O–H groups in total. The van der Waals surface area contributed by atoms with E-state index in [1.165, 1.54) is 6.07 Å². The van der Waals surface area contributed by atoms with Crippen molar-refractivity contribution in [2.24, 2.45) is 0 Å². The molecule has 0 spiro atoms. The van der Waals surface area contributed by atoms with Gasteiger partial charge >= 0.3 is 12.1 Å². The van der Waals surface area contributed by atoms with Gasteiger partial charge in [0.2, 0.25) is 0 Å². The van der Waals surface area contributed by atoms with Gasteiger partial charge in [-0.3, -0.25) is 4.90 Å². The van der Waals surface area contributed by atoms with Crippen LogP contribution in [0.4, 0.5) is 17.6 Å². The first-order valence-corrected chi connectivity index (χ1v) is 14.4. The van der Waals surface area contributed by atoms with Crippen LogP contribution in [0.25, 0.3) is 0 Å². The van der Waals surface area contributed by atoms with Crippen LogP contribution in [0.2, 0.25) is 5.02 Å². The minimum atomic E-state index is -4.58. The highest BCUT2D eigenvalue weighted by molar-refractivity contribution is 7.90. The van der Waals surface area contributed by atoms with Gasteiger partial charge in [-0.05, 0) is 36.1 Å². The van der Waals surface area contributed by atoms with Crippen molar-refractivity contribution in [1.82, 2.24) is 4.90 Å². The number of carbonyl (C=O) groups excluding carboxylic acids is 1. The monoisotopic (exact) mass is 601 g/mol. The molecule has 6 nitrogen and oxygen atoms in total. The summed E-state index contributed by atoms with van der Waals surface area (Å²) in [4.78, 5) is 13.3. The zero-order chi connectivity index (χ0) is 29.5. The molecule has 0 saturated heterocycles. The van der Waals surface area contributed by atoms with Gasteiger partial charge in [0.25, 0.3) is 0 Å². The fraction of sp³-hybridized carbons (Fsp3) is 0.321. The Labute approximate surface area is 235 Å². The maximum atomic E-state index is 14.6. The lowest BCUT2D eigenvalue weighted by Gasteiger charge is -2.24. The van der Waals surface area contributed by atoms with E-state index in [4.69, 9.17) is 16.3 Å². The molecule has 216 valence electrons. The number of esters is 1. The second-order valence-electron chi connectivity index (χ2n) is 9.03. The molecule has 3 aromatic rings. The van der Waals surface area contributed by atoms with Crippen molar-refractivity contribution in [2.75, 3.05) is 33.1 Å². The summed E-state index contributed by atoms with van der Waals surface area (Å²) in [6.07, 6.45) is -2.74. The number of carbonyl (C=O) groups is 1. The summed E-state index contributed by atoms with van der Waals surface area (Å²) in [6, 6.07) is 15.3. The highest BCUT2D eigenvalue weighted by Crippen LogP contribution is 2.36. The molecule has 0 atom stereocenters. The van der Waals surface area contributed by atoms with Gasteiger partial charge in [-0.15, -0.1) is 0 Å². The summed E-state index contributed by atoms with van der Waals surface area (Å²) in [5.41, 5.74) is -0.239. The smallest absolute Gasteiger partial charge is 0.417 e. The Balaban J connectivity index is 1.74. The number of hydrogen-bond acceptors (Lipinski definition) is 6. The first-order valence-electron chi connectivity index (χ1n) is 12.2. The number of alkyl halides is 3. The molecule has 3 rings (SSSR count). The molecule has 0 aliphatic carbocycles. The van der Waals surface area contributed by atoms with Gasteiger partial charge in [0.1, 0.15) is 17.1 Å². The summed E-state index contributed by atoms with van der Waals surface area (Å²) >= 11 is 6.12. The van der Waals surface area contributed by atoms with Crippen molar-refractivity contribution in [1.29, 1.82) is 0 Å². The lowest BCUT2D eigenvalue weighted by atomic mass is 10.1. The minimum Gasteiger partial charge on any atom is -0.493 e. The van der Waals surface area contributed by atoms with Gasteiger partial charge < -0.3 is 9.47 Å². The molecule has 0 aliphatic heterocycles. The molecule has 0 heterocycles. The Morgan fingerprint density at radius 1 is 1.02 bits per heavy atom. The average Bonchev–Trinajstić information content (AvgIpc) is 2.89. The van der Waals surface area contributed by atoms with Crippen LogP contribution in [0.15, 0.2) is 65.6 Å². The fourth-order valence-electron chi connectivity index (χ4n) is 4.08. The molecule has 0 radical (unpaired) electrons. The largest absolute Gasteiger partial charge is 0.493 e. The number of benzene rings is 3. The highest BCUT2D eigenvalue weighted by atomic mass is 35.5. The van der Waals surface area contributed by atoms with Crippen LogP contribution < -0.4 is 4.74 Å². The van der Waals surface area contributed by atoms with Crippen LogP contribution in [0.1, 0.15) is 33.5 Å². The van der Waals surface area contributed by atoms with E-state index in [0.717, 1.165) is 37.1 Å². The molecule has 0 aromatic heterocycles. The number of hydrogen-bond donors (Lipinski definition) is 0. The average molecular weight is 602 g/mol. The van der Waals surface area contributed by atoms with Gasteiger partial charge in [-0.1, -0.05) is 54.1 Å². The molecule has 0 amide bonds. The van der Waals surface area contributed by atoms with Crippen molar-refractivity contribution in [2.45, 2.75) is 30.5 Å². The van der Waals surface area contributed by atoms with Crippen molar-refractivity contribution in [3.8, 4) is 5.75 Å². The number of rotatable bonds is 12. The van der Waals surface area contributed by atoms with Gasteiger partial charge in [0.05, 0.1) is 29.2 Å². The Kier molecular flexibility index (Phi) is 10.6.